The van der Waals surface area contributed by atoms with Crippen LogP contribution in [0.3, 0.4) is 0 Å². The Morgan fingerprint density at radius 1 is 1.03 bits per heavy atom. The highest BCUT2D eigenvalue weighted by Gasteiger charge is 2.20. The van der Waals surface area contributed by atoms with Crippen LogP contribution in [0, 0.1) is 6.92 Å². The summed E-state index contributed by atoms with van der Waals surface area (Å²) in [6.07, 6.45) is 0. The van der Waals surface area contributed by atoms with Crippen LogP contribution in [0.1, 0.15) is 34.5 Å². The summed E-state index contributed by atoms with van der Waals surface area (Å²) >= 11 is 0. The summed E-state index contributed by atoms with van der Waals surface area (Å²) in [4.78, 5) is 17.8. The quantitative estimate of drug-likeness (QED) is 0.641. The molecule has 1 amide bonds. The number of amides is 1. The van der Waals surface area contributed by atoms with Crippen LogP contribution < -0.4 is 10.2 Å². The van der Waals surface area contributed by atoms with Gasteiger partial charge < -0.3 is 15.3 Å². The molecule has 4 rings (SSSR count). The lowest BCUT2D eigenvalue weighted by Gasteiger charge is -2.36. The lowest BCUT2D eigenvalue weighted by molar-refractivity contribution is 0.0939. The summed E-state index contributed by atoms with van der Waals surface area (Å²) in [5.74, 6) is -0.0429. The molecule has 1 aliphatic rings. The summed E-state index contributed by atoms with van der Waals surface area (Å²) in [6.45, 7) is 8.60. The van der Waals surface area contributed by atoms with Crippen molar-refractivity contribution < 1.29 is 9.90 Å². The number of nitrogens with zero attached hydrogens (tertiary/aromatic N) is 2. The number of aryl methyl sites for hydroxylation is 1. The van der Waals surface area contributed by atoms with E-state index in [0.717, 1.165) is 55.1 Å². The third-order valence-corrected chi connectivity index (χ3v) is 6.26. The van der Waals surface area contributed by atoms with Crippen molar-refractivity contribution in [1.29, 1.82) is 0 Å². The number of hydrogen-bond donors (Lipinski definition) is 2. The van der Waals surface area contributed by atoms with E-state index < -0.39 is 0 Å². The number of hydrogen-bond acceptors (Lipinski definition) is 4. The predicted octanol–water partition coefficient (Wildman–Crippen LogP) is 3.75. The van der Waals surface area contributed by atoms with Crippen LogP contribution in [0.25, 0.3) is 10.8 Å². The summed E-state index contributed by atoms with van der Waals surface area (Å²) in [5, 5.41) is 14.7. The smallest absolute Gasteiger partial charge is 0.252 e. The number of rotatable bonds is 6. The van der Waals surface area contributed by atoms with Gasteiger partial charge in [-0.1, -0.05) is 48.5 Å². The number of nitrogens with one attached hydrogen (secondary N) is 1. The summed E-state index contributed by atoms with van der Waals surface area (Å²) in [6, 6.07) is 20.6. The van der Waals surface area contributed by atoms with Gasteiger partial charge in [0.1, 0.15) is 0 Å². The van der Waals surface area contributed by atoms with Crippen molar-refractivity contribution in [2.45, 2.75) is 19.9 Å². The van der Waals surface area contributed by atoms with Gasteiger partial charge >= 0.3 is 0 Å². The van der Waals surface area contributed by atoms with Crippen LogP contribution in [0.5, 0.6) is 0 Å². The van der Waals surface area contributed by atoms with E-state index in [1.165, 1.54) is 10.8 Å². The molecule has 0 aliphatic carbocycles. The zero-order chi connectivity index (χ0) is 21.8. The predicted molar refractivity (Wildman–Crippen MR) is 127 cm³/mol. The molecule has 3 aromatic carbocycles. The minimum absolute atomic E-state index is 0.0429. The second-order valence-corrected chi connectivity index (χ2v) is 8.32. The Hall–Kier alpha value is -2.89. The average Bonchev–Trinajstić information content (AvgIpc) is 2.79. The van der Waals surface area contributed by atoms with Crippen LogP contribution in [0.2, 0.25) is 0 Å². The van der Waals surface area contributed by atoms with E-state index in [2.05, 4.69) is 45.4 Å². The average molecular weight is 418 g/mol. The largest absolute Gasteiger partial charge is 0.395 e. The summed E-state index contributed by atoms with van der Waals surface area (Å²) in [7, 11) is 0. The van der Waals surface area contributed by atoms with Crippen molar-refractivity contribution in [2.75, 3.05) is 44.2 Å². The van der Waals surface area contributed by atoms with E-state index in [1.807, 2.05) is 44.2 Å². The fraction of sp³-hybridized carbons (Fsp3) is 0.346. The first-order chi connectivity index (χ1) is 15.1. The highest BCUT2D eigenvalue weighted by Crippen LogP contribution is 2.26. The molecule has 1 saturated heterocycles. The maximum atomic E-state index is 13.2. The standard InChI is InChI=1S/C26H31N3O2/c1-19-10-11-22(29-14-12-28(13-15-29)16-17-30)18-25(19)26(31)27-20(2)23-9-5-7-21-6-3-4-8-24(21)23/h3-11,18,20,30H,12-17H2,1-2H3,(H,27,31). The molecule has 0 bridgehead atoms. The van der Waals surface area contributed by atoms with E-state index in [0.29, 0.717) is 0 Å². The maximum absolute atomic E-state index is 13.2. The molecule has 1 aliphatic heterocycles. The Balaban J connectivity index is 1.50. The second kappa shape index (κ2) is 9.50. The normalized spacial score (nSPS) is 15.8. The van der Waals surface area contributed by atoms with Crippen molar-refractivity contribution in [3.8, 4) is 0 Å². The van der Waals surface area contributed by atoms with Gasteiger partial charge in [-0.15, -0.1) is 0 Å². The molecule has 162 valence electrons. The fourth-order valence-electron chi connectivity index (χ4n) is 4.40. The number of benzene rings is 3. The van der Waals surface area contributed by atoms with Crippen molar-refractivity contribution in [1.82, 2.24) is 10.2 Å². The summed E-state index contributed by atoms with van der Waals surface area (Å²) in [5.41, 5.74) is 3.91. The van der Waals surface area contributed by atoms with Crippen molar-refractivity contribution >= 4 is 22.4 Å². The van der Waals surface area contributed by atoms with Gasteiger partial charge in [0.15, 0.2) is 0 Å². The molecule has 0 aromatic heterocycles. The minimum atomic E-state index is -0.0938. The fourth-order valence-corrected chi connectivity index (χ4v) is 4.40. The van der Waals surface area contributed by atoms with Crippen molar-refractivity contribution in [2.24, 2.45) is 0 Å². The number of aliphatic hydroxyl groups is 1. The van der Waals surface area contributed by atoms with Crippen molar-refractivity contribution in [3.63, 3.8) is 0 Å². The monoisotopic (exact) mass is 417 g/mol. The number of piperazine rings is 1. The molecular formula is C26H31N3O2. The van der Waals surface area contributed by atoms with Crippen LogP contribution in [-0.4, -0.2) is 55.2 Å². The second-order valence-electron chi connectivity index (χ2n) is 8.32. The van der Waals surface area contributed by atoms with Gasteiger partial charge in [0.25, 0.3) is 5.91 Å². The van der Waals surface area contributed by atoms with Gasteiger partial charge in [0.2, 0.25) is 0 Å². The Morgan fingerprint density at radius 2 is 1.77 bits per heavy atom. The molecule has 31 heavy (non-hydrogen) atoms. The molecule has 0 radical (unpaired) electrons. The van der Waals surface area contributed by atoms with E-state index in [1.54, 1.807) is 0 Å². The van der Waals surface area contributed by atoms with Crippen LogP contribution in [0.4, 0.5) is 5.69 Å². The first-order valence-corrected chi connectivity index (χ1v) is 11.0. The molecule has 1 unspecified atom stereocenters. The van der Waals surface area contributed by atoms with Crippen molar-refractivity contribution in [3.05, 3.63) is 77.4 Å². The van der Waals surface area contributed by atoms with E-state index in [9.17, 15) is 4.79 Å². The number of anilines is 1. The van der Waals surface area contributed by atoms with E-state index in [4.69, 9.17) is 5.11 Å². The van der Waals surface area contributed by atoms with Gasteiger partial charge in [-0.2, -0.15) is 0 Å². The van der Waals surface area contributed by atoms with E-state index >= 15 is 0 Å². The molecule has 5 heteroatoms. The third kappa shape index (κ3) is 4.73. The highest BCUT2D eigenvalue weighted by molar-refractivity contribution is 5.97. The third-order valence-electron chi connectivity index (χ3n) is 6.26. The molecule has 1 fully saturated rings. The molecule has 2 N–H and O–H groups in total. The van der Waals surface area contributed by atoms with Gasteiger partial charge in [0.05, 0.1) is 12.6 Å². The molecule has 0 spiro atoms. The first-order valence-electron chi connectivity index (χ1n) is 11.0. The number of fused-ring (bicyclic) bond motifs is 1. The lowest BCUT2D eigenvalue weighted by Crippen LogP contribution is -2.47. The molecular weight excluding hydrogens is 386 g/mol. The van der Waals surface area contributed by atoms with Gasteiger partial charge in [-0.05, 0) is 47.9 Å². The number of carbonyl (C=O) groups excluding carboxylic acids is 1. The van der Waals surface area contributed by atoms with Gasteiger partial charge in [-0.3, -0.25) is 9.69 Å². The molecule has 3 aromatic rings. The molecule has 1 atom stereocenters. The minimum Gasteiger partial charge on any atom is -0.395 e. The number of carbonyl (C=O) groups is 1. The van der Waals surface area contributed by atoms with Crippen LogP contribution in [0.15, 0.2) is 60.7 Å². The van der Waals surface area contributed by atoms with Gasteiger partial charge in [-0.25, -0.2) is 0 Å². The molecule has 1 heterocycles. The number of aliphatic hydroxyl groups excluding tert-OH is 1. The molecule has 5 nitrogen and oxygen atoms in total. The first kappa shape index (κ1) is 21.3. The highest BCUT2D eigenvalue weighted by atomic mass is 16.3. The van der Waals surface area contributed by atoms with Crippen LogP contribution >= 0.6 is 0 Å². The lowest BCUT2D eigenvalue weighted by atomic mass is 9.99. The molecule has 0 saturated carbocycles. The Labute approximate surface area is 184 Å². The Bertz CT molecular complexity index is 1050. The number of β-amino-alcohol motifs (C(OH)–C–C–N with tert-alkyl or cyclic N) is 1. The van der Waals surface area contributed by atoms with Crippen LogP contribution in [-0.2, 0) is 0 Å². The Morgan fingerprint density at radius 3 is 2.55 bits per heavy atom. The zero-order valence-corrected chi connectivity index (χ0v) is 18.3. The van der Waals surface area contributed by atoms with E-state index in [-0.39, 0.29) is 18.6 Å². The van der Waals surface area contributed by atoms with Gasteiger partial charge in [0, 0.05) is 44.0 Å². The maximum Gasteiger partial charge on any atom is 0.252 e. The topological polar surface area (TPSA) is 55.8 Å². The Kier molecular flexibility index (Phi) is 6.54. The zero-order valence-electron chi connectivity index (χ0n) is 18.3. The SMILES string of the molecule is Cc1ccc(N2CCN(CCO)CC2)cc1C(=O)NC(C)c1cccc2ccccc12. The summed E-state index contributed by atoms with van der Waals surface area (Å²) < 4.78 is 0.